The van der Waals surface area contributed by atoms with Gasteiger partial charge in [-0.25, -0.2) is 0 Å². The Morgan fingerprint density at radius 3 is 0.694 bits per heavy atom. The highest BCUT2D eigenvalue weighted by molar-refractivity contribution is 6.25. The topological polar surface area (TPSA) is 0 Å². The summed E-state index contributed by atoms with van der Waals surface area (Å²) in [5.41, 5.74) is 0. The summed E-state index contributed by atoms with van der Waals surface area (Å²) in [5, 5.41) is 16.0. The SMILES string of the molecule is c1ccc2c(c1)c1ccccc1c1ccccc21.c1ccc2c(c1)ccc1c3ccccc3ccc21. The van der Waals surface area contributed by atoms with Gasteiger partial charge in [0.15, 0.2) is 0 Å². The molecule has 0 heterocycles. The summed E-state index contributed by atoms with van der Waals surface area (Å²) >= 11 is 0. The van der Waals surface area contributed by atoms with Gasteiger partial charge in [-0.15, -0.1) is 0 Å². The van der Waals surface area contributed by atoms with Crippen molar-refractivity contribution < 1.29 is 0 Å². The molecule has 0 aliphatic rings. The average Bonchev–Trinajstić information content (AvgIpc) is 2.97. The number of fused-ring (bicyclic) bond motifs is 11. The van der Waals surface area contributed by atoms with E-state index < -0.39 is 0 Å². The first-order valence-corrected chi connectivity index (χ1v) is 12.5. The van der Waals surface area contributed by atoms with E-state index in [0.717, 1.165) is 0 Å². The summed E-state index contributed by atoms with van der Waals surface area (Å²) in [7, 11) is 0. The molecule has 0 aliphatic heterocycles. The maximum absolute atomic E-state index is 2.24. The van der Waals surface area contributed by atoms with Gasteiger partial charge in [0.05, 0.1) is 0 Å². The molecular weight excluding hydrogens is 432 g/mol. The molecular formula is C36H24. The van der Waals surface area contributed by atoms with Crippen LogP contribution in [0.1, 0.15) is 0 Å². The summed E-state index contributed by atoms with van der Waals surface area (Å²) in [5.74, 6) is 0. The highest BCUT2D eigenvalue weighted by Gasteiger charge is 2.06. The Morgan fingerprint density at radius 2 is 0.389 bits per heavy atom. The van der Waals surface area contributed by atoms with Crippen LogP contribution in [-0.4, -0.2) is 0 Å². The van der Waals surface area contributed by atoms with Gasteiger partial charge in [-0.3, -0.25) is 0 Å². The third-order valence-corrected chi connectivity index (χ3v) is 7.30. The Kier molecular flexibility index (Phi) is 4.89. The largest absolute Gasteiger partial charge is 0.0616 e. The van der Waals surface area contributed by atoms with Crippen molar-refractivity contribution >= 4 is 64.6 Å². The van der Waals surface area contributed by atoms with Gasteiger partial charge in [0, 0.05) is 0 Å². The molecule has 0 bridgehead atoms. The fraction of sp³-hybridized carbons (Fsp3) is 0. The molecule has 168 valence electrons. The Hall–Kier alpha value is -4.68. The zero-order chi connectivity index (χ0) is 23.9. The van der Waals surface area contributed by atoms with E-state index in [9.17, 15) is 0 Å². The first-order valence-electron chi connectivity index (χ1n) is 12.5. The van der Waals surface area contributed by atoms with Crippen LogP contribution >= 0.6 is 0 Å². The first-order chi connectivity index (χ1) is 17.9. The molecule has 0 saturated carbocycles. The molecule has 0 aliphatic carbocycles. The lowest BCUT2D eigenvalue weighted by Gasteiger charge is -2.09. The van der Waals surface area contributed by atoms with Gasteiger partial charge in [0.1, 0.15) is 0 Å². The van der Waals surface area contributed by atoms with Crippen LogP contribution in [0.3, 0.4) is 0 Å². The molecule has 0 heteroatoms. The van der Waals surface area contributed by atoms with E-state index in [0.29, 0.717) is 0 Å². The van der Waals surface area contributed by atoms with Crippen LogP contribution in [0.5, 0.6) is 0 Å². The average molecular weight is 457 g/mol. The molecule has 0 radical (unpaired) electrons. The quantitative estimate of drug-likeness (QED) is 0.199. The number of rotatable bonds is 0. The molecule has 8 aromatic rings. The molecule has 8 aromatic carbocycles. The Balaban J connectivity index is 0.000000122. The van der Waals surface area contributed by atoms with Crippen molar-refractivity contribution in [3.63, 3.8) is 0 Å². The van der Waals surface area contributed by atoms with Gasteiger partial charge in [-0.1, -0.05) is 146 Å². The van der Waals surface area contributed by atoms with Crippen LogP contribution in [0, 0.1) is 0 Å². The van der Waals surface area contributed by atoms with Crippen LogP contribution in [0.15, 0.2) is 146 Å². The maximum Gasteiger partial charge on any atom is -0.00990 e. The molecule has 0 nitrogen and oxygen atoms in total. The normalized spacial score (nSPS) is 11.3. The minimum Gasteiger partial charge on any atom is -0.0616 e. The Labute approximate surface area is 210 Å². The monoisotopic (exact) mass is 456 g/mol. The molecule has 0 fully saturated rings. The van der Waals surface area contributed by atoms with Crippen molar-refractivity contribution in [2.24, 2.45) is 0 Å². The second-order valence-electron chi connectivity index (χ2n) is 9.31. The van der Waals surface area contributed by atoms with Crippen LogP contribution < -0.4 is 0 Å². The molecule has 0 atom stereocenters. The number of hydrogen-bond acceptors (Lipinski definition) is 0. The Morgan fingerprint density at radius 1 is 0.167 bits per heavy atom. The molecule has 0 spiro atoms. The van der Waals surface area contributed by atoms with Crippen molar-refractivity contribution in [1.29, 1.82) is 0 Å². The fourth-order valence-electron chi connectivity index (χ4n) is 5.63. The molecule has 0 amide bonds. The van der Waals surface area contributed by atoms with Crippen LogP contribution in [0.2, 0.25) is 0 Å². The van der Waals surface area contributed by atoms with Crippen LogP contribution in [0.25, 0.3) is 64.6 Å². The van der Waals surface area contributed by atoms with E-state index >= 15 is 0 Å². The fourth-order valence-corrected chi connectivity index (χ4v) is 5.63. The van der Waals surface area contributed by atoms with Gasteiger partial charge in [-0.05, 0) is 64.6 Å². The highest BCUT2D eigenvalue weighted by Crippen LogP contribution is 2.34. The predicted molar refractivity (Wildman–Crippen MR) is 158 cm³/mol. The Bertz CT molecular complexity index is 1750. The third kappa shape index (κ3) is 3.31. The van der Waals surface area contributed by atoms with Gasteiger partial charge in [0.25, 0.3) is 0 Å². The van der Waals surface area contributed by atoms with Gasteiger partial charge in [0.2, 0.25) is 0 Å². The molecule has 0 aromatic heterocycles. The smallest absolute Gasteiger partial charge is 0.00990 e. The van der Waals surface area contributed by atoms with E-state index in [2.05, 4.69) is 146 Å². The van der Waals surface area contributed by atoms with Crippen molar-refractivity contribution in [2.45, 2.75) is 0 Å². The van der Waals surface area contributed by atoms with Crippen molar-refractivity contribution in [3.05, 3.63) is 146 Å². The summed E-state index contributed by atoms with van der Waals surface area (Å²) in [6.07, 6.45) is 0. The zero-order valence-electron chi connectivity index (χ0n) is 19.9. The minimum atomic E-state index is 1.31. The van der Waals surface area contributed by atoms with Crippen LogP contribution in [0.4, 0.5) is 0 Å². The van der Waals surface area contributed by atoms with E-state index in [1.54, 1.807) is 0 Å². The number of benzene rings is 8. The lowest BCUT2D eigenvalue weighted by molar-refractivity contribution is 1.77. The van der Waals surface area contributed by atoms with Gasteiger partial charge >= 0.3 is 0 Å². The third-order valence-electron chi connectivity index (χ3n) is 7.30. The minimum absolute atomic E-state index is 1.31. The van der Waals surface area contributed by atoms with E-state index in [1.807, 2.05) is 0 Å². The first kappa shape index (κ1) is 20.7. The summed E-state index contributed by atoms with van der Waals surface area (Å²) in [6.45, 7) is 0. The van der Waals surface area contributed by atoms with Gasteiger partial charge < -0.3 is 0 Å². The van der Waals surface area contributed by atoms with E-state index in [-0.39, 0.29) is 0 Å². The second kappa shape index (κ2) is 8.52. The maximum atomic E-state index is 2.24. The summed E-state index contributed by atoms with van der Waals surface area (Å²) in [6, 6.07) is 52.0. The predicted octanol–water partition coefficient (Wildman–Crippen LogP) is 10.3. The zero-order valence-corrected chi connectivity index (χ0v) is 19.9. The highest BCUT2D eigenvalue weighted by atomic mass is 14.1. The van der Waals surface area contributed by atoms with E-state index in [1.165, 1.54) is 64.6 Å². The second-order valence-corrected chi connectivity index (χ2v) is 9.31. The van der Waals surface area contributed by atoms with Crippen molar-refractivity contribution in [3.8, 4) is 0 Å². The molecule has 0 unspecified atom stereocenters. The number of hydrogen-bond donors (Lipinski definition) is 0. The molecule has 0 saturated heterocycles. The van der Waals surface area contributed by atoms with Crippen molar-refractivity contribution in [1.82, 2.24) is 0 Å². The summed E-state index contributed by atoms with van der Waals surface area (Å²) < 4.78 is 0. The molecule has 8 rings (SSSR count). The lowest BCUT2D eigenvalue weighted by Crippen LogP contribution is -1.81. The lowest BCUT2D eigenvalue weighted by atomic mass is 9.95. The molecule has 0 N–H and O–H groups in total. The summed E-state index contributed by atoms with van der Waals surface area (Å²) in [4.78, 5) is 0. The van der Waals surface area contributed by atoms with Gasteiger partial charge in [-0.2, -0.15) is 0 Å². The molecule has 36 heavy (non-hydrogen) atoms. The standard InChI is InChI=1S/2C18H12/c1-3-7-15-13(5-1)9-11-18-16-8-4-2-6-14(16)10-12-17(15)18;1-2-8-14-13(7-1)15-9-3-4-11-17(15)18-12-6-5-10-16(14)18/h2*1-12H. The van der Waals surface area contributed by atoms with E-state index in [4.69, 9.17) is 0 Å². The van der Waals surface area contributed by atoms with Crippen LogP contribution in [-0.2, 0) is 0 Å². The van der Waals surface area contributed by atoms with Crippen molar-refractivity contribution in [2.75, 3.05) is 0 Å².